The Bertz CT molecular complexity index is 386. The highest BCUT2D eigenvalue weighted by atomic mass is 16.3. The number of hydrogen-bond acceptors (Lipinski definition) is 3. The van der Waals surface area contributed by atoms with Gasteiger partial charge in [0.25, 0.3) is 0 Å². The molecule has 1 aliphatic carbocycles. The lowest BCUT2D eigenvalue weighted by Crippen LogP contribution is -2.38. The zero-order valence-corrected chi connectivity index (χ0v) is 10.6. The van der Waals surface area contributed by atoms with Crippen molar-refractivity contribution < 1.29 is 9.90 Å². The van der Waals surface area contributed by atoms with Crippen LogP contribution in [0.15, 0.2) is 24.5 Å². The highest BCUT2D eigenvalue weighted by Gasteiger charge is 2.31. The maximum atomic E-state index is 11.8. The lowest BCUT2D eigenvalue weighted by Gasteiger charge is -2.31. The van der Waals surface area contributed by atoms with Crippen LogP contribution < -0.4 is 5.32 Å². The Labute approximate surface area is 107 Å². The molecule has 1 heterocycles. The van der Waals surface area contributed by atoms with Crippen LogP contribution >= 0.6 is 0 Å². The Hall–Kier alpha value is -1.42. The Balaban J connectivity index is 1.78. The molecule has 1 aromatic rings. The average Bonchev–Trinajstić information content (AvgIpc) is 2.38. The summed E-state index contributed by atoms with van der Waals surface area (Å²) in [6.45, 7) is 0.497. The number of carbonyl (C=O) groups is 1. The number of carbonyl (C=O) groups excluding carboxylic acids is 1. The van der Waals surface area contributed by atoms with Crippen molar-refractivity contribution in [2.24, 2.45) is 0 Å². The van der Waals surface area contributed by atoms with Crippen molar-refractivity contribution in [2.45, 2.75) is 50.7 Å². The number of nitrogens with one attached hydrogen (secondary N) is 1. The third-order valence-corrected chi connectivity index (χ3v) is 3.51. The zero-order valence-electron chi connectivity index (χ0n) is 10.6. The fourth-order valence-electron chi connectivity index (χ4n) is 2.45. The van der Waals surface area contributed by atoms with E-state index in [1.54, 1.807) is 12.4 Å². The summed E-state index contributed by atoms with van der Waals surface area (Å²) in [5, 5.41) is 13.1. The molecule has 4 nitrogen and oxygen atoms in total. The molecule has 0 saturated heterocycles. The quantitative estimate of drug-likeness (QED) is 0.853. The molecule has 1 aliphatic rings. The summed E-state index contributed by atoms with van der Waals surface area (Å²) < 4.78 is 0. The summed E-state index contributed by atoms with van der Waals surface area (Å²) in [6, 6.07) is 3.74. The molecule has 0 spiro atoms. The summed E-state index contributed by atoms with van der Waals surface area (Å²) >= 11 is 0. The fourth-order valence-corrected chi connectivity index (χ4v) is 2.45. The highest BCUT2D eigenvalue weighted by molar-refractivity contribution is 5.77. The van der Waals surface area contributed by atoms with Crippen LogP contribution in [0.3, 0.4) is 0 Å². The van der Waals surface area contributed by atoms with Crippen molar-refractivity contribution in [3.05, 3.63) is 30.1 Å². The van der Waals surface area contributed by atoms with Crippen molar-refractivity contribution in [1.82, 2.24) is 10.3 Å². The summed E-state index contributed by atoms with van der Waals surface area (Å²) in [7, 11) is 0. The first kappa shape index (κ1) is 13.0. The second-order valence-electron chi connectivity index (χ2n) is 5.09. The zero-order chi connectivity index (χ0) is 12.8. The van der Waals surface area contributed by atoms with Gasteiger partial charge in [-0.05, 0) is 30.5 Å². The van der Waals surface area contributed by atoms with E-state index in [0.29, 0.717) is 6.54 Å². The van der Waals surface area contributed by atoms with Gasteiger partial charge in [0, 0.05) is 18.9 Å². The Morgan fingerprint density at radius 1 is 1.28 bits per heavy atom. The van der Waals surface area contributed by atoms with E-state index in [2.05, 4.69) is 10.3 Å². The molecular formula is C14H20N2O2. The van der Waals surface area contributed by atoms with Crippen LogP contribution in [0.1, 0.15) is 44.1 Å². The first-order chi connectivity index (χ1) is 8.68. The van der Waals surface area contributed by atoms with Crippen molar-refractivity contribution in [2.75, 3.05) is 0 Å². The molecule has 98 valence electrons. The molecule has 2 rings (SSSR count). The standard InChI is InChI=1S/C14H20N2O2/c17-13(10-14(18)6-2-1-3-7-14)16-11-12-4-8-15-9-5-12/h4-5,8-9,18H,1-3,6-7,10-11H2,(H,16,17). The van der Waals surface area contributed by atoms with Crippen LogP contribution in [0.4, 0.5) is 0 Å². The van der Waals surface area contributed by atoms with Crippen molar-refractivity contribution in [3.8, 4) is 0 Å². The lowest BCUT2D eigenvalue weighted by molar-refractivity contribution is -0.127. The first-order valence-corrected chi connectivity index (χ1v) is 6.56. The van der Waals surface area contributed by atoms with Crippen LogP contribution in [0.2, 0.25) is 0 Å². The molecule has 1 aromatic heterocycles. The van der Waals surface area contributed by atoms with Gasteiger partial charge in [-0.3, -0.25) is 9.78 Å². The molecule has 0 bridgehead atoms. The SMILES string of the molecule is O=C(CC1(O)CCCCC1)NCc1ccncc1. The molecule has 1 fully saturated rings. The average molecular weight is 248 g/mol. The van der Waals surface area contributed by atoms with Crippen molar-refractivity contribution in [1.29, 1.82) is 0 Å². The number of pyridine rings is 1. The third kappa shape index (κ3) is 3.81. The molecule has 0 aromatic carbocycles. The van der Waals surface area contributed by atoms with Gasteiger partial charge in [0.2, 0.25) is 5.91 Å². The van der Waals surface area contributed by atoms with Crippen LogP contribution in [0, 0.1) is 0 Å². The molecule has 0 atom stereocenters. The summed E-state index contributed by atoms with van der Waals surface area (Å²) in [5.74, 6) is -0.0730. The van der Waals surface area contributed by atoms with E-state index in [1.807, 2.05) is 12.1 Å². The van der Waals surface area contributed by atoms with Crippen LogP contribution in [0.25, 0.3) is 0 Å². The molecule has 0 unspecified atom stereocenters. The minimum atomic E-state index is -0.777. The number of amides is 1. The number of nitrogens with zero attached hydrogens (tertiary/aromatic N) is 1. The van der Waals surface area contributed by atoms with Gasteiger partial charge in [-0.2, -0.15) is 0 Å². The van der Waals surface area contributed by atoms with E-state index in [4.69, 9.17) is 0 Å². The van der Waals surface area contributed by atoms with E-state index >= 15 is 0 Å². The number of hydrogen-bond donors (Lipinski definition) is 2. The second kappa shape index (κ2) is 5.96. The number of aromatic nitrogens is 1. The van der Waals surface area contributed by atoms with Crippen LogP contribution in [-0.4, -0.2) is 21.6 Å². The van der Waals surface area contributed by atoms with Gasteiger partial charge in [0.15, 0.2) is 0 Å². The van der Waals surface area contributed by atoms with Gasteiger partial charge in [-0.1, -0.05) is 19.3 Å². The monoisotopic (exact) mass is 248 g/mol. The number of rotatable bonds is 4. The third-order valence-electron chi connectivity index (χ3n) is 3.51. The first-order valence-electron chi connectivity index (χ1n) is 6.56. The molecular weight excluding hydrogens is 228 g/mol. The van der Waals surface area contributed by atoms with Crippen molar-refractivity contribution >= 4 is 5.91 Å². The Morgan fingerprint density at radius 3 is 2.61 bits per heavy atom. The summed E-state index contributed by atoms with van der Waals surface area (Å²) in [4.78, 5) is 15.7. The van der Waals surface area contributed by atoms with Gasteiger partial charge in [-0.25, -0.2) is 0 Å². The van der Waals surface area contributed by atoms with E-state index < -0.39 is 5.60 Å². The lowest BCUT2D eigenvalue weighted by atomic mass is 9.82. The van der Waals surface area contributed by atoms with E-state index in [0.717, 1.165) is 31.2 Å². The molecule has 1 saturated carbocycles. The second-order valence-corrected chi connectivity index (χ2v) is 5.09. The maximum Gasteiger partial charge on any atom is 0.223 e. The molecule has 18 heavy (non-hydrogen) atoms. The minimum absolute atomic E-state index is 0.0730. The topological polar surface area (TPSA) is 62.2 Å². The van der Waals surface area contributed by atoms with Crippen LogP contribution in [0.5, 0.6) is 0 Å². The maximum absolute atomic E-state index is 11.8. The van der Waals surface area contributed by atoms with E-state index in [-0.39, 0.29) is 12.3 Å². The Morgan fingerprint density at radius 2 is 1.94 bits per heavy atom. The van der Waals surface area contributed by atoms with Crippen LogP contribution in [-0.2, 0) is 11.3 Å². The van der Waals surface area contributed by atoms with E-state index in [1.165, 1.54) is 6.42 Å². The fraction of sp³-hybridized carbons (Fsp3) is 0.571. The summed E-state index contributed by atoms with van der Waals surface area (Å²) in [5.41, 5.74) is 0.245. The summed E-state index contributed by atoms with van der Waals surface area (Å²) in [6.07, 6.45) is 8.33. The van der Waals surface area contributed by atoms with Gasteiger partial charge in [0.1, 0.15) is 0 Å². The molecule has 1 amide bonds. The molecule has 2 N–H and O–H groups in total. The Kier molecular flexibility index (Phi) is 4.31. The normalized spacial score (nSPS) is 18.3. The minimum Gasteiger partial charge on any atom is -0.389 e. The van der Waals surface area contributed by atoms with Gasteiger partial charge < -0.3 is 10.4 Å². The number of aliphatic hydroxyl groups is 1. The van der Waals surface area contributed by atoms with Gasteiger partial charge >= 0.3 is 0 Å². The smallest absolute Gasteiger partial charge is 0.223 e. The largest absolute Gasteiger partial charge is 0.389 e. The molecule has 0 radical (unpaired) electrons. The predicted octanol–water partition coefficient (Wildman–Crippen LogP) is 1.78. The van der Waals surface area contributed by atoms with Gasteiger partial charge in [-0.15, -0.1) is 0 Å². The van der Waals surface area contributed by atoms with Crippen molar-refractivity contribution in [3.63, 3.8) is 0 Å². The molecule has 0 aliphatic heterocycles. The molecule has 4 heteroatoms. The van der Waals surface area contributed by atoms with E-state index in [9.17, 15) is 9.90 Å². The van der Waals surface area contributed by atoms with Gasteiger partial charge in [0.05, 0.1) is 12.0 Å². The highest BCUT2D eigenvalue weighted by Crippen LogP contribution is 2.30. The predicted molar refractivity (Wildman–Crippen MR) is 68.7 cm³/mol.